The number of amides is 2. The number of hydrogen-bond donors (Lipinski definition) is 0. The number of rotatable bonds is 2. The average molecular weight is 273 g/mol. The lowest BCUT2D eigenvalue weighted by molar-refractivity contribution is -0.122. The van der Waals surface area contributed by atoms with Crippen LogP contribution in [0.5, 0.6) is 5.75 Å². The molecule has 0 bridgehead atoms. The molecule has 1 saturated carbocycles. The fourth-order valence-electron chi connectivity index (χ4n) is 3.38. The zero-order chi connectivity index (χ0) is 14.3. The van der Waals surface area contributed by atoms with Crippen LogP contribution >= 0.6 is 0 Å². The number of methoxy groups -OCH3 is 1. The Morgan fingerprint density at radius 3 is 2.35 bits per heavy atom. The van der Waals surface area contributed by atoms with Crippen molar-refractivity contribution in [3.63, 3.8) is 0 Å². The van der Waals surface area contributed by atoms with E-state index in [0.717, 1.165) is 25.0 Å². The lowest BCUT2D eigenvalue weighted by atomic mass is 9.76. The molecule has 106 valence electrons. The van der Waals surface area contributed by atoms with Crippen LogP contribution in [-0.4, -0.2) is 18.9 Å². The highest BCUT2D eigenvalue weighted by atomic mass is 16.5. The van der Waals surface area contributed by atoms with Crippen LogP contribution < -0.4 is 9.64 Å². The smallest absolute Gasteiger partial charge is 0.237 e. The van der Waals surface area contributed by atoms with E-state index in [1.807, 2.05) is 0 Å². The fraction of sp³-hybridized carbons (Fsp3) is 0.500. The van der Waals surface area contributed by atoms with E-state index < -0.39 is 0 Å². The number of hydrogen-bond acceptors (Lipinski definition) is 3. The van der Waals surface area contributed by atoms with E-state index in [1.54, 1.807) is 31.4 Å². The van der Waals surface area contributed by atoms with Gasteiger partial charge in [0.25, 0.3) is 0 Å². The second-order valence-corrected chi connectivity index (χ2v) is 5.84. The quantitative estimate of drug-likeness (QED) is 0.778. The van der Waals surface area contributed by atoms with Crippen LogP contribution in [0.3, 0.4) is 0 Å². The number of ether oxygens (including phenoxy) is 1. The minimum Gasteiger partial charge on any atom is -0.497 e. The molecule has 20 heavy (non-hydrogen) atoms. The van der Waals surface area contributed by atoms with Crippen LogP contribution in [0, 0.1) is 17.8 Å². The first-order valence-electron chi connectivity index (χ1n) is 7.13. The minimum absolute atomic E-state index is 0.0305. The van der Waals surface area contributed by atoms with Gasteiger partial charge in [-0.05, 0) is 49.4 Å². The molecule has 1 saturated heterocycles. The number of nitrogens with zero attached hydrogens (tertiary/aromatic N) is 1. The maximum Gasteiger partial charge on any atom is 0.237 e. The van der Waals surface area contributed by atoms with Crippen molar-refractivity contribution in [2.75, 3.05) is 12.0 Å². The van der Waals surface area contributed by atoms with Gasteiger partial charge in [0.1, 0.15) is 5.75 Å². The molecule has 1 aromatic carbocycles. The van der Waals surface area contributed by atoms with Crippen molar-refractivity contribution in [2.24, 2.45) is 17.8 Å². The molecule has 0 N–H and O–H groups in total. The summed E-state index contributed by atoms with van der Waals surface area (Å²) in [5, 5.41) is 0. The van der Waals surface area contributed by atoms with Crippen LogP contribution in [-0.2, 0) is 9.59 Å². The monoisotopic (exact) mass is 273 g/mol. The maximum atomic E-state index is 12.5. The van der Waals surface area contributed by atoms with Crippen LogP contribution in [0.15, 0.2) is 24.3 Å². The van der Waals surface area contributed by atoms with Gasteiger partial charge in [0.05, 0.1) is 24.6 Å². The Bertz CT molecular complexity index is 537. The van der Waals surface area contributed by atoms with E-state index in [1.165, 1.54) is 4.90 Å². The highest BCUT2D eigenvalue weighted by Crippen LogP contribution is 2.42. The molecule has 0 unspecified atom stereocenters. The van der Waals surface area contributed by atoms with Crippen molar-refractivity contribution in [1.82, 2.24) is 0 Å². The Hall–Kier alpha value is -1.84. The third-order valence-electron chi connectivity index (χ3n) is 4.52. The van der Waals surface area contributed by atoms with E-state index in [4.69, 9.17) is 4.74 Å². The average Bonchev–Trinajstić information content (AvgIpc) is 2.71. The summed E-state index contributed by atoms with van der Waals surface area (Å²) in [6, 6.07) is 7.10. The highest BCUT2D eigenvalue weighted by Gasteiger charge is 2.49. The van der Waals surface area contributed by atoms with Crippen LogP contribution in [0.1, 0.15) is 26.2 Å². The van der Waals surface area contributed by atoms with Crippen molar-refractivity contribution in [3.8, 4) is 5.75 Å². The molecule has 3 rings (SSSR count). The molecule has 4 nitrogen and oxygen atoms in total. The van der Waals surface area contributed by atoms with Gasteiger partial charge in [-0.1, -0.05) is 6.92 Å². The Labute approximate surface area is 118 Å². The summed E-state index contributed by atoms with van der Waals surface area (Å²) >= 11 is 0. The second kappa shape index (κ2) is 4.93. The summed E-state index contributed by atoms with van der Waals surface area (Å²) in [6.45, 7) is 2.16. The molecule has 0 spiro atoms. The van der Waals surface area contributed by atoms with E-state index in [2.05, 4.69) is 6.92 Å². The van der Waals surface area contributed by atoms with Crippen molar-refractivity contribution in [2.45, 2.75) is 26.2 Å². The summed E-state index contributed by atoms with van der Waals surface area (Å²) in [5.41, 5.74) is 0.655. The largest absolute Gasteiger partial charge is 0.497 e. The predicted octanol–water partition coefficient (Wildman–Crippen LogP) is 2.62. The number of imide groups is 1. The molecule has 1 heterocycles. The Balaban J connectivity index is 1.89. The molecular formula is C16H19NO3. The first-order chi connectivity index (χ1) is 9.61. The number of carbonyl (C=O) groups is 2. The number of fused-ring (bicyclic) bond motifs is 1. The Morgan fingerprint density at radius 1 is 1.05 bits per heavy atom. The first-order valence-corrected chi connectivity index (χ1v) is 7.13. The molecule has 0 radical (unpaired) electrons. The lowest BCUT2D eigenvalue weighted by Gasteiger charge is -2.25. The standard InChI is InChI=1S/C16H19NO3/c1-10-3-8-13-14(9-10)16(19)17(15(13)18)11-4-6-12(20-2)7-5-11/h4-7,10,13-14H,3,8-9H2,1-2H3/t10-,13-,14+/m0/s1. The molecule has 2 amide bonds. The van der Waals surface area contributed by atoms with Gasteiger partial charge in [0.2, 0.25) is 11.8 Å². The van der Waals surface area contributed by atoms with Gasteiger partial charge >= 0.3 is 0 Å². The summed E-state index contributed by atoms with van der Waals surface area (Å²) in [4.78, 5) is 26.4. The molecule has 0 aromatic heterocycles. The topological polar surface area (TPSA) is 46.6 Å². The van der Waals surface area contributed by atoms with Gasteiger partial charge < -0.3 is 4.74 Å². The van der Waals surface area contributed by atoms with Gasteiger partial charge in [-0.2, -0.15) is 0 Å². The van der Waals surface area contributed by atoms with E-state index in [0.29, 0.717) is 11.6 Å². The highest BCUT2D eigenvalue weighted by molar-refractivity contribution is 6.22. The normalized spacial score (nSPS) is 29.5. The molecule has 1 aliphatic heterocycles. The number of benzene rings is 1. The van der Waals surface area contributed by atoms with Gasteiger partial charge in [0, 0.05) is 0 Å². The molecule has 1 aromatic rings. The third-order valence-corrected chi connectivity index (χ3v) is 4.52. The third kappa shape index (κ3) is 1.99. The van der Waals surface area contributed by atoms with Crippen molar-refractivity contribution in [3.05, 3.63) is 24.3 Å². The SMILES string of the molecule is COc1ccc(N2C(=O)[C@H]3CC[C@H](C)C[C@H]3C2=O)cc1. The van der Waals surface area contributed by atoms with Gasteiger partial charge in [-0.3, -0.25) is 14.5 Å². The lowest BCUT2D eigenvalue weighted by Crippen LogP contribution is -2.30. The van der Waals surface area contributed by atoms with E-state index in [-0.39, 0.29) is 23.7 Å². The van der Waals surface area contributed by atoms with Crippen molar-refractivity contribution in [1.29, 1.82) is 0 Å². The second-order valence-electron chi connectivity index (χ2n) is 5.84. The zero-order valence-corrected chi connectivity index (χ0v) is 11.8. The van der Waals surface area contributed by atoms with Gasteiger partial charge in [-0.25, -0.2) is 0 Å². The minimum atomic E-state index is -0.117. The summed E-state index contributed by atoms with van der Waals surface area (Å²) < 4.78 is 5.11. The molecular weight excluding hydrogens is 254 g/mol. The zero-order valence-electron chi connectivity index (χ0n) is 11.8. The van der Waals surface area contributed by atoms with Crippen LogP contribution in [0.4, 0.5) is 5.69 Å². The molecule has 4 heteroatoms. The molecule has 2 fully saturated rings. The summed E-state index contributed by atoms with van der Waals surface area (Å²) in [5.74, 6) is 0.964. The van der Waals surface area contributed by atoms with Gasteiger partial charge in [0.15, 0.2) is 0 Å². The van der Waals surface area contributed by atoms with E-state index in [9.17, 15) is 9.59 Å². The number of anilines is 1. The Kier molecular flexibility index (Phi) is 3.24. The van der Waals surface area contributed by atoms with E-state index >= 15 is 0 Å². The fourth-order valence-corrected chi connectivity index (χ4v) is 3.38. The first kappa shape index (κ1) is 13.2. The Morgan fingerprint density at radius 2 is 1.70 bits per heavy atom. The maximum absolute atomic E-state index is 12.5. The molecule has 2 aliphatic rings. The van der Waals surface area contributed by atoms with Gasteiger partial charge in [-0.15, -0.1) is 0 Å². The molecule has 3 atom stereocenters. The summed E-state index contributed by atoms with van der Waals surface area (Å²) in [6.07, 6.45) is 2.71. The predicted molar refractivity (Wildman–Crippen MR) is 75.5 cm³/mol. The van der Waals surface area contributed by atoms with Crippen molar-refractivity contribution < 1.29 is 14.3 Å². The van der Waals surface area contributed by atoms with Crippen LogP contribution in [0.25, 0.3) is 0 Å². The number of carbonyl (C=O) groups excluding carboxylic acids is 2. The molecule has 1 aliphatic carbocycles. The van der Waals surface area contributed by atoms with Crippen LogP contribution in [0.2, 0.25) is 0 Å². The van der Waals surface area contributed by atoms with Crippen molar-refractivity contribution >= 4 is 17.5 Å². The summed E-state index contributed by atoms with van der Waals surface area (Å²) in [7, 11) is 1.59.